The van der Waals surface area contributed by atoms with Crippen molar-refractivity contribution in [1.82, 2.24) is 20.6 Å². The lowest BCUT2D eigenvalue weighted by molar-refractivity contribution is -0.122. The number of amides is 2. The summed E-state index contributed by atoms with van der Waals surface area (Å²) in [5, 5.41) is 8.96. The van der Waals surface area contributed by atoms with Crippen molar-refractivity contribution in [3.63, 3.8) is 0 Å². The van der Waals surface area contributed by atoms with E-state index in [4.69, 9.17) is 10.5 Å². The van der Waals surface area contributed by atoms with Gasteiger partial charge < -0.3 is 31.3 Å². The molecule has 0 saturated heterocycles. The number of nitrogens with one attached hydrogen (secondary N) is 3. The third-order valence-electron chi connectivity index (χ3n) is 5.12. The van der Waals surface area contributed by atoms with Crippen molar-refractivity contribution in [1.29, 1.82) is 0 Å². The monoisotopic (exact) mass is 443 g/mol. The van der Waals surface area contributed by atoms with E-state index in [-0.39, 0.29) is 23.5 Å². The second-order valence-corrected chi connectivity index (χ2v) is 7.45. The molecule has 2 rings (SSSR count). The van der Waals surface area contributed by atoms with Crippen molar-refractivity contribution in [2.75, 3.05) is 44.5 Å². The number of aryl methyl sites for hydroxylation is 1. The Bertz CT molecular complexity index is 965. The number of rotatable bonds is 11. The van der Waals surface area contributed by atoms with Gasteiger partial charge in [-0.1, -0.05) is 0 Å². The van der Waals surface area contributed by atoms with Gasteiger partial charge in [-0.3, -0.25) is 9.59 Å². The number of carbonyl (C=O) groups is 2. The molecule has 0 saturated carbocycles. The number of methoxy groups -OCH3 is 1. The van der Waals surface area contributed by atoms with Crippen LogP contribution in [-0.2, 0) is 11.2 Å². The largest absolute Gasteiger partial charge is 0.497 e. The average molecular weight is 444 g/mol. The number of nitrogens with two attached hydrogens (primary N) is 1. The standard InChI is InChI=1S/C22H33N7O3/c1-7-29(5)21-13(2)26-18(19(23)30)20(28-21)27-16-10-15(11-17(12-16)32-6)8-9-25-22(31)14(3)24-4/h10-12,14,24H,7-9H2,1-6H3,(H2,23,30)(H,25,31)(H,27,28). The molecular formula is C22H33N7O3. The van der Waals surface area contributed by atoms with Gasteiger partial charge in [0.05, 0.1) is 18.8 Å². The zero-order valence-corrected chi connectivity index (χ0v) is 19.6. The molecule has 174 valence electrons. The summed E-state index contributed by atoms with van der Waals surface area (Å²) in [5.74, 6) is 0.824. The number of aromatic nitrogens is 2. The lowest BCUT2D eigenvalue weighted by atomic mass is 10.1. The fraction of sp³-hybridized carbons (Fsp3) is 0.455. The second kappa shape index (κ2) is 11.3. The molecular weight excluding hydrogens is 410 g/mol. The van der Waals surface area contributed by atoms with Crippen LogP contribution in [0.5, 0.6) is 5.75 Å². The molecule has 2 aromatic rings. The normalized spacial score (nSPS) is 11.6. The van der Waals surface area contributed by atoms with Gasteiger partial charge in [0.2, 0.25) is 5.91 Å². The quantitative estimate of drug-likeness (QED) is 0.409. The predicted molar refractivity (Wildman–Crippen MR) is 126 cm³/mol. The fourth-order valence-electron chi connectivity index (χ4n) is 3.03. The topological polar surface area (TPSA) is 134 Å². The molecule has 0 fully saturated rings. The number of nitrogens with zero attached hydrogens (tertiary/aromatic N) is 3. The summed E-state index contributed by atoms with van der Waals surface area (Å²) in [7, 11) is 5.22. The molecule has 0 aliphatic rings. The summed E-state index contributed by atoms with van der Waals surface area (Å²) in [4.78, 5) is 34.9. The van der Waals surface area contributed by atoms with E-state index in [1.165, 1.54) is 0 Å². The molecule has 1 unspecified atom stereocenters. The summed E-state index contributed by atoms with van der Waals surface area (Å²) < 4.78 is 5.42. The lowest BCUT2D eigenvalue weighted by Crippen LogP contribution is -2.41. The van der Waals surface area contributed by atoms with Crippen LogP contribution in [0.15, 0.2) is 18.2 Å². The zero-order chi connectivity index (χ0) is 23.8. The van der Waals surface area contributed by atoms with E-state index < -0.39 is 5.91 Å². The number of carbonyl (C=O) groups excluding carboxylic acids is 2. The molecule has 0 radical (unpaired) electrons. The van der Waals surface area contributed by atoms with Crippen LogP contribution in [0.1, 0.15) is 35.6 Å². The maximum Gasteiger partial charge on any atom is 0.271 e. The van der Waals surface area contributed by atoms with Gasteiger partial charge in [-0.15, -0.1) is 0 Å². The maximum atomic E-state index is 12.0. The van der Waals surface area contributed by atoms with Crippen LogP contribution in [0.25, 0.3) is 0 Å². The van der Waals surface area contributed by atoms with Gasteiger partial charge in [0.25, 0.3) is 5.91 Å². The van der Waals surface area contributed by atoms with Crippen LogP contribution in [0.4, 0.5) is 17.3 Å². The van der Waals surface area contributed by atoms with Crippen molar-refractivity contribution in [2.24, 2.45) is 5.73 Å². The van der Waals surface area contributed by atoms with Crippen LogP contribution in [-0.4, -0.2) is 62.1 Å². The molecule has 32 heavy (non-hydrogen) atoms. The minimum atomic E-state index is -0.668. The van der Waals surface area contributed by atoms with E-state index in [1.54, 1.807) is 34.1 Å². The Hall–Kier alpha value is -3.40. The van der Waals surface area contributed by atoms with Gasteiger partial charge >= 0.3 is 0 Å². The summed E-state index contributed by atoms with van der Waals surface area (Å²) in [6.45, 7) is 6.79. The summed E-state index contributed by atoms with van der Waals surface area (Å²) in [6, 6.07) is 5.33. The first-order chi connectivity index (χ1) is 15.2. The minimum Gasteiger partial charge on any atom is -0.497 e. The third-order valence-corrected chi connectivity index (χ3v) is 5.12. The Balaban J connectivity index is 2.31. The molecule has 1 heterocycles. The zero-order valence-electron chi connectivity index (χ0n) is 19.6. The van der Waals surface area contributed by atoms with Gasteiger partial charge in [-0.25, -0.2) is 9.97 Å². The molecule has 5 N–H and O–H groups in total. The second-order valence-electron chi connectivity index (χ2n) is 7.45. The number of benzene rings is 1. The number of hydrogen-bond acceptors (Lipinski definition) is 8. The van der Waals surface area contributed by atoms with Crippen LogP contribution >= 0.6 is 0 Å². The molecule has 1 aromatic heterocycles. The van der Waals surface area contributed by atoms with Crippen LogP contribution < -0.4 is 31.3 Å². The van der Waals surface area contributed by atoms with Crippen molar-refractivity contribution >= 4 is 29.1 Å². The fourth-order valence-corrected chi connectivity index (χ4v) is 3.03. The van der Waals surface area contributed by atoms with E-state index in [0.29, 0.717) is 35.9 Å². The summed E-state index contributed by atoms with van der Waals surface area (Å²) in [6.07, 6.45) is 0.597. The predicted octanol–water partition coefficient (Wildman–Crippen LogP) is 1.36. The average Bonchev–Trinajstić information content (AvgIpc) is 2.78. The smallest absolute Gasteiger partial charge is 0.271 e. The van der Waals surface area contributed by atoms with Gasteiger partial charge in [0.15, 0.2) is 17.3 Å². The van der Waals surface area contributed by atoms with E-state index >= 15 is 0 Å². The van der Waals surface area contributed by atoms with Crippen LogP contribution in [0.2, 0.25) is 0 Å². The van der Waals surface area contributed by atoms with E-state index in [2.05, 4.69) is 25.9 Å². The number of likely N-dealkylation sites (N-methyl/N-ethyl adjacent to an activating group) is 1. The third kappa shape index (κ3) is 6.30. The van der Waals surface area contributed by atoms with Gasteiger partial charge in [0, 0.05) is 31.9 Å². The minimum absolute atomic E-state index is 0.0634. The number of anilines is 3. The lowest BCUT2D eigenvalue weighted by Gasteiger charge is -2.20. The number of hydrogen-bond donors (Lipinski definition) is 4. The summed E-state index contributed by atoms with van der Waals surface area (Å²) in [5.41, 5.74) is 7.83. The van der Waals surface area contributed by atoms with Crippen LogP contribution in [0, 0.1) is 6.92 Å². The molecule has 0 spiro atoms. The SMILES string of the molecule is CCN(C)c1nc(Nc2cc(CCNC(=O)C(C)NC)cc(OC)c2)c(C(N)=O)nc1C. The van der Waals surface area contributed by atoms with Gasteiger partial charge in [-0.05, 0) is 51.9 Å². The molecule has 1 aromatic carbocycles. The number of primary amides is 1. The molecule has 10 heteroatoms. The first-order valence-corrected chi connectivity index (χ1v) is 10.5. The Morgan fingerprint density at radius 3 is 2.56 bits per heavy atom. The Morgan fingerprint density at radius 1 is 1.25 bits per heavy atom. The molecule has 0 aliphatic heterocycles. The highest BCUT2D eigenvalue weighted by atomic mass is 16.5. The summed E-state index contributed by atoms with van der Waals surface area (Å²) >= 11 is 0. The molecule has 1 atom stereocenters. The Labute approximate surface area is 188 Å². The van der Waals surface area contributed by atoms with Crippen molar-refractivity contribution in [3.05, 3.63) is 35.2 Å². The number of ether oxygens (including phenoxy) is 1. The Kier molecular flexibility index (Phi) is 8.77. The first kappa shape index (κ1) is 24.9. The van der Waals surface area contributed by atoms with Crippen molar-refractivity contribution in [3.8, 4) is 5.75 Å². The highest BCUT2D eigenvalue weighted by molar-refractivity contribution is 5.96. The molecule has 2 amide bonds. The van der Waals surface area contributed by atoms with Crippen molar-refractivity contribution in [2.45, 2.75) is 33.2 Å². The van der Waals surface area contributed by atoms with Crippen LogP contribution in [0.3, 0.4) is 0 Å². The Morgan fingerprint density at radius 2 is 1.97 bits per heavy atom. The van der Waals surface area contributed by atoms with Gasteiger partial charge in [-0.2, -0.15) is 0 Å². The first-order valence-electron chi connectivity index (χ1n) is 10.5. The molecule has 0 aliphatic carbocycles. The maximum absolute atomic E-state index is 12.0. The highest BCUT2D eigenvalue weighted by Gasteiger charge is 2.18. The molecule has 0 bridgehead atoms. The van der Waals surface area contributed by atoms with E-state index in [1.807, 2.05) is 31.0 Å². The molecule has 10 nitrogen and oxygen atoms in total. The van der Waals surface area contributed by atoms with Gasteiger partial charge in [0.1, 0.15) is 5.75 Å². The highest BCUT2D eigenvalue weighted by Crippen LogP contribution is 2.27. The van der Waals surface area contributed by atoms with E-state index in [0.717, 1.165) is 12.1 Å². The van der Waals surface area contributed by atoms with E-state index in [9.17, 15) is 9.59 Å². The van der Waals surface area contributed by atoms with Crippen molar-refractivity contribution < 1.29 is 14.3 Å².